The quantitative estimate of drug-likeness (QED) is 0.658. The van der Waals surface area contributed by atoms with E-state index in [9.17, 15) is 4.79 Å². The van der Waals surface area contributed by atoms with Crippen LogP contribution in [-0.4, -0.2) is 28.7 Å². The zero-order chi connectivity index (χ0) is 13.7. The standard InChI is InChI=1S/C13H16Br2ClNO/c1-9(2)17(7-3-6-14)13(18)11-5-4-10(15)8-12(11)16/h4-5,8-9H,3,6-7H2,1-2H3. The Morgan fingerprint density at radius 1 is 1.44 bits per heavy atom. The average molecular weight is 398 g/mol. The van der Waals surface area contributed by atoms with Gasteiger partial charge in [0, 0.05) is 22.4 Å². The minimum Gasteiger partial charge on any atom is -0.336 e. The van der Waals surface area contributed by atoms with E-state index in [2.05, 4.69) is 31.9 Å². The van der Waals surface area contributed by atoms with Gasteiger partial charge in [0.25, 0.3) is 5.91 Å². The topological polar surface area (TPSA) is 20.3 Å². The van der Waals surface area contributed by atoms with Gasteiger partial charge in [0.2, 0.25) is 0 Å². The fourth-order valence-electron chi connectivity index (χ4n) is 1.64. The lowest BCUT2D eigenvalue weighted by Crippen LogP contribution is -2.38. The lowest BCUT2D eigenvalue weighted by atomic mass is 10.1. The first-order chi connectivity index (χ1) is 8.47. The van der Waals surface area contributed by atoms with E-state index in [1.54, 1.807) is 12.1 Å². The molecule has 0 bridgehead atoms. The van der Waals surface area contributed by atoms with Crippen LogP contribution in [0.5, 0.6) is 0 Å². The zero-order valence-electron chi connectivity index (χ0n) is 10.4. The van der Waals surface area contributed by atoms with Crippen molar-refractivity contribution in [3.8, 4) is 0 Å². The Bertz CT molecular complexity index is 423. The van der Waals surface area contributed by atoms with Gasteiger partial charge in [-0.05, 0) is 38.5 Å². The van der Waals surface area contributed by atoms with Crippen LogP contribution in [0.25, 0.3) is 0 Å². The van der Waals surface area contributed by atoms with Gasteiger partial charge in [-0.1, -0.05) is 43.5 Å². The second kappa shape index (κ2) is 7.51. The number of nitrogens with zero attached hydrogens (tertiary/aromatic N) is 1. The van der Waals surface area contributed by atoms with Crippen molar-refractivity contribution >= 4 is 49.4 Å². The van der Waals surface area contributed by atoms with Crippen LogP contribution < -0.4 is 0 Å². The Morgan fingerprint density at radius 2 is 2.11 bits per heavy atom. The van der Waals surface area contributed by atoms with Gasteiger partial charge in [0.05, 0.1) is 10.6 Å². The maximum absolute atomic E-state index is 12.4. The van der Waals surface area contributed by atoms with E-state index in [1.807, 2.05) is 24.8 Å². The van der Waals surface area contributed by atoms with Crippen molar-refractivity contribution in [1.82, 2.24) is 4.90 Å². The normalized spacial score (nSPS) is 10.8. The van der Waals surface area contributed by atoms with Gasteiger partial charge in [-0.2, -0.15) is 0 Å². The molecule has 18 heavy (non-hydrogen) atoms. The van der Waals surface area contributed by atoms with E-state index in [0.717, 1.165) is 22.8 Å². The molecule has 0 aliphatic carbocycles. The summed E-state index contributed by atoms with van der Waals surface area (Å²) in [6.45, 7) is 4.76. The highest BCUT2D eigenvalue weighted by Gasteiger charge is 2.20. The summed E-state index contributed by atoms with van der Waals surface area (Å²) in [6, 6.07) is 5.51. The molecule has 0 atom stereocenters. The smallest absolute Gasteiger partial charge is 0.255 e. The van der Waals surface area contributed by atoms with E-state index in [1.165, 1.54) is 0 Å². The van der Waals surface area contributed by atoms with Crippen LogP contribution in [0.4, 0.5) is 0 Å². The number of carbonyl (C=O) groups is 1. The average Bonchev–Trinajstić information content (AvgIpc) is 2.28. The Morgan fingerprint density at radius 3 is 2.61 bits per heavy atom. The van der Waals surface area contributed by atoms with Gasteiger partial charge in [-0.15, -0.1) is 0 Å². The summed E-state index contributed by atoms with van der Waals surface area (Å²) in [6.07, 6.45) is 0.929. The van der Waals surface area contributed by atoms with Crippen molar-refractivity contribution in [2.75, 3.05) is 11.9 Å². The molecule has 0 spiro atoms. The fourth-order valence-corrected chi connectivity index (χ4v) is 2.65. The Hall–Kier alpha value is -0.0600. The Labute approximate surface area is 130 Å². The number of carbonyl (C=O) groups excluding carboxylic acids is 1. The summed E-state index contributed by atoms with van der Waals surface area (Å²) in [4.78, 5) is 14.3. The van der Waals surface area contributed by atoms with E-state index in [0.29, 0.717) is 10.6 Å². The van der Waals surface area contributed by atoms with Crippen molar-refractivity contribution in [2.45, 2.75) is 26.3 Å². The number of amides is 1. The van der Waals surface area contributed by atoms with Crippen molar-refractivity contribution in [2.24, 2.45) is 0 Å². The van der Waals surface area contributed by atoms with Crippen LogP contribution in [0.2, 0.25) is 5.02 Å². The Balaban J connectivity index is 2.94. The highest BCUT2D eigenvalue weighted by atomic mass is 79.9. The molecule has 0 saturated carbocycles. The van der Waals surface area contributed by atoms with E-state index in [4.69, 9.17) is 11.6 Å². The SMILES string of the molecule is CC(C)N(CCCBr)C(=O)c1ccc(Br)cc1Cl. The highest BCUT2D eigenvalue weighted by Crippen LogP contribution is 2.23. The van der Waals surface area contributed by atoms with Gasteiger partial charge in [-0.25, -0.2) is 0 Å². The summed E-state index contributed by atoms with van der Waals surface area (Å²) in [5.41, 5.74) is 0.558. The number of hydrogen-bond donors (Lipinski definition) is 0. The summed E-state index contributed by atoms with van der Waals surface area (Å²) in [5.74, 6) is -0.0107. The molecule has 100 valence electrons. The maximum Gasteiger partial charge on any atom is 0.255 e. The third kappa shape index (κ3) is 4.25. The summed E-state index contributed by atoms with van der Waals surface area (Å²) in [7, 11) is 0. The summed E-state index contributed by atoms with van der Waals surface area (Å²) < 4.78 is 0.876. The second-order valence-corrected chi connectivity index (χ2v) is 6.37. The monoisotopic (exact) mass is 395 g/mol. The lowest BCUT2D eigenvalue weighted by Gasteiger charge is -2.27. The molecule has 0 saturated heterocycles. The van der Waals surface area contributed by atoms with Crippen LogP contribution in [-0.2, 0) is 0 Å². The van der Waals surface area contributed by atoms with Crippen LogP contribution >= 0.6 is 43.5 Å². The molecular weight excluding hydrogens is 381 g/mol. The van der Waals surface area contributed by atoms with Crippen LogP contribution in [0.15, 0.2) is 22.7 Å². The summed E-state index contributed by atoms with van der Waals surface area (Å²) in [5, 5.41) is 1.37. The molecule has 0 heterocycles. The van der Waals surface area contributed by atoms with E-state index < -0.39 is 0 Å². The molecular formula is C13H16Br2ClNO. The molecule has 0 fully saturated rings. The van der Waals surface area contributed by atoms with Gasteiger partial charge in [0.1, 0.15) is 0 Å². The zero-order valence-corrected chi connectivity index (χ0v) is 14.3. The van der Waals surface area contributed by atoms with E-state index >= 15 is 0 Å². The Kier molecular flexibility index (Phi) is 6.67. The molecule has 0 unspecified atom stereocenters. The third-order valence-corrected chi connectivity index (χ3v) is 3.95. The molecule has 0 aliphatic rings. The van der Waals surface area contributed by atoms with Crippen molar-refractivity contribution in [3.63, 3.8) is 0 Å². The lowest BCUT2D eigenvalue weighted by molar-refractivity contribution is 0.0707. The minimum atomic E-state index is -0.0107. The molecule has 0 radical (unpaired) electrons. The van der Waals surface area contributed by atoms with Gasteiger partial charge in [-0.3, -0.25) is 4.79 Å². The predicted octanol–water partition coefficient (Wildman–Crippen LogP) is 4.74. The highest BCUT2D eigenvalue weighted by molar-refractivity contribution is 9.10. The molecule has 0 N–H and O–H groups in total. The largest absolute Gasteiger partial charge is 0.336 e. The van der Waals surface area contributed by atoms with Gasteiger partial charge in [0.15, 0.2) is 0 Å². The number of benzene rings is 1. The van der Waals surface area contributed by atoms with E-state index in [-0.39, 0.29) is 11.9 Å². The van der Waals surface area contributed by atoms with Crippen molar-refractivity contribution < 1.29 is 4.79 Å². The first-order valence-corrected chi connectivity index (χ1v) is 8.08. The number of rotatable bonds is 5. The first-order valence-electron chi connectivity index (χ1n) is 5.79. The molecule has 1 aromatic carbocycles. The second-order valence-electron chi connectivity index (χ2n) is 4.26. The van der Waals surface area contributed by atoms with Crippen LogP contribution in [0, 0.1) is 0 Å². The maximum atomic E-state index is 12.4. The van der Waals surface area contributed by atoms with Crippen molar-refractivity contribution in [1.29, 1.82) is 0 Å². The molecule has 2 nitrogen and oxygen atoms in total. The van der Waals surface area contributed by atoms with Crippen molar-refractivity contribution in [3.05, 3.63) is 33.3 Å². The number of halogens is 3. The number of alkyl halides is 1. The first kappa shape index (κ1) is 16.0. The molecule has 5 heteroatoms. The number of hydrogen-bond acceptors (Lipinski definition) is 1. The summed E-state index contributed by atoms with van der Waals surface area (Å²) >= 11 is 12.8. The van der Waals surface area contributed by atoms with Gasteiger partial charge >= 0.3 is 0 Å². The third-order valence-electron chi connectivity index (χ3n) is 2.58. The molecule has 1 rings (SSSR count). The molecule has 1 amide bonds. The fraction of sp³-hybridized carbons (Fsp3) is 0.462. The minimum absolute atomic E-state index is 0.0107. The molecule has 1 aromatic rings. The molecule has 0 aliphatic heterocycles. The molecule has 0 aromatic heterocycles. The van der Waals surface area contributed by atoms with Crippen LogP contribution in [0.1, 0.15) is 30.6 Å². The van der Waals surface area contributed by atoms with Gasteiger partial charge < -0.3 is 4.90 Å². The van der Waals surface area contributed by atoms with Crippen LogP contribution in [0.3, 0.4) is 0 Å². The predicted molar refractivity (Wildman–Crippen MR) is 83.7 cm³/mol.